The van der Waals surface area contributed by atoms with E-state index in [4.69, 9.17) is 5.73 Å². The molecule has 4 rings (SSSR count). The number of tetrazole rings is 1. The Hall–Kier alpha value is -3.47. The third-order valence-corrected chi connectivity index (χ3v) is 5.69. The van der Waals surface area contributed by atoms with Gasteiger partial charge in [0.05, 0.1) is 5.92 Å². The van der Waals surface area contributed by atoms with Crippen LogP contribution in [-0.2, 0) is 0 Å². The number of primary amides is 1. The van der Waals surface area contributed by atoms with Gasteiger partial charge in [0.2, 0.25) is 0 Å². The number of rotatable bonds is 4. The Bertz CT molecular complexity index is 1180. The zero-order valence-corrected chi connectivity index (χ0v) is 17.9. The molecule has 1 heterocycles. The SMILES string of the molecule is NC(=O)N(c1cccc(Br)c1)C1(C(F)(F)F)C=CC(c2ccccc2)=CC1c1nn[nH]n1. The summed E-state index contributed by atoms with van der Waals surface area (Å²) in [5.41, 5.74) is 3.81. The normalized spacial score (nSPS) is 20.6. The van der Waals surface area contributed by atoms with Gasteiger partial charge in [-0.3, -0.25) is 4.90 Å². The molecule has 0 bridgehead atoms. The molecule has 3 aromatic rings. The molecule has 2 atom stereocenters. The second kappa shape index (κ2) is 8.23. The van der Waals surface area contributed by atoms with Crippen LogP contribution in [0.15, 0.2) is 77.3 Å². The number of nitrogens with two attached hydrogens (primary N) is 1. The van der Waals surface area contributed by atoms with E-state index in [1.165, 1.54) is 30.4 Å². The molecule has 1 aromatic heterocycles. The molecule has 0 saturated carbocycles. The topological polar surface area (TPSA) is 101 Å². The molecule has 0 fully saturated rings. The smallest absolute Gasteiger partial charge is 0.351 e. The van der Waals surface area contributed by atoms with Gasteiger partial charge in [0.15, 0.2) is 11.4 Å². The van der Waals surface area contributed by atoms with E-state index in [1.807, 2.05) is 0 Å². The maximum Gasteiger partial charge on any atom is 0.416 e. The minimum Gasteiger partial charge on any atom is -0.351 e. The third kappa shape index (κ3) is 3.68. The van der Waals surface area contributed by atoms with Gasteiger partial charge in [-0.15, -0.1) is 10.2 Å². The fourth-order valence-electron chi connectivity index (χ4n) is 3.83. The van der Waals surface area contributed by atoms with Crippen molar-refractivity contribution >= 4 is 33.2 Å². The number of hydrogen-bond acceptors (Lipinski definition) is 4. The summed E-state index contributed by atoms with van der Waals surface area (Å²) in [5.74, 6) is -1.77. The van der Waals surface area contributed by atoms with E-state index in [0.29, 0.717) is 20.5 Å². The number of benzene rings is 2. The van der Waals surface area contributed by atoms with Gasteiger partial charge in [-0.25, -0.2) is 4.79 Å². The standard InChI is InChI=1S/C21H16BrF3N6O/c22-15-7-4-8-16(12-15)31(19(26)32)20(21(23,24)25)10-9-14(13-5-2-1-3-6-13)11-17(20)18-27-29-30-28-18/h1-12,17H,(H2,26,32)(H,27,28,29,30). The van der Waals surface area contributed by atoms with Crippen LogP contribution in [0.3, 0.4) is 0 Å². The van der Waals surface area contributed by atoms with E-state index >= 15 is 0 Å². The summed E-state index contributed by atoms with van der Waals surface area (Å²) in [6.07, 6.45) is -1.32. The Morgan fingerprint density at radius 2 is 1.91 bits per heavy atom. The molecule has 32 heavy (non-hydrogen) atoms. The van der Waals surface area contributed by atoms with E-state index in [-0.39, 0.29) is 11.5 Å². The quantitative estimate of drug-likeness (QED) is 0.542. The largest absolute Gasteiger partial charge is 0.416 e. The molecule has 3 N–H and O–H groups in total. The van der Waals surface area contributed by atoms with Crippen molar-refractivity contribution in [3.63, 3.8) is 0 Å². The predicted molar refractivity (Wildman–Crippen MR) is 115 cm³/mol. The van der Waals surface area contributed by atoms with Crippen molar-refractivity contribution in [1.29, 1.82) is 0 Å². The number of halogens is 4. The summed E-state index contributed by atoms with van der Waals surface area (Å²) >= 11 is 3.24. The summed E-state index contributed by atoms with van der Waals surface area (Å²) in [5, 5.41) is 13.3. The van der Waals surface area contributed by atoms with Gasteiger partial charge in [-0.05, 0) is 35.4 Å². The fraction of sp³-hybridized carbons (Fsp3) is 0.143. The number of aromatic nitrogens is 4. The van der Waals surface area contributed by atoms with Crippen LogP contribution in [0.1, 0.15) is 17.3 Å². The van der Waals surface area contributed by atoms with Crippen LogP contribution in [0.25, 0.3) is 5.57 Å². The number of allylic oxidation sites excluding steroid dienone is 2. The average Bonchev–Trinajstić information content (AvgIpc) is 3.28. The molecular weight excluding hydrogens is 489 g/mol. The molecule has 2 amide bonds. The summed E-state index contributed by atoms with van der Waals surface area (Å²) in [4.78, 5) is 13.1. The van der Waals surface area contributed by atoms with Crippen molar-refractivity contribution in [3.05, 3.63) is 88.7 Å². The Kier molecular flexibility index (Phi) is 5.59. The molecule has 0 aliphatic heterocycles. The van der Waals surface area contributed by atoms with Crippen molar-refractivity contribution in [1.82, 2.24) is 20.6 Å². The van der Waals surface area contributed by atoms with Crippen molar-refractivity contribution in [2.45, 2.75) is 17.6 Å². The van der Waals surface area contributed by atoms with E-state index in [0.717, 1.165) is 6.08 Å². The number of nitrogens with zero attached hydrogens (tertiary/aromatic N) is 4. The van der Waals surface area contributed by atoms with Crippen molar-refractivity contribution in [2.24, 2.45) is 5.73 Å². The number of alkyl halides is 3. The van der Waals surface area contributed by atoms with Gasteiger partial charge >= 0.3 is 12.2 Å². The number of carbonyl (C=O) groups is 1. The van der Waals surface area contributed by atoms with Crippen LogP contribution < -0.4 is 10.6 Å². The first-order chi connectivity index (χ1) is 15.2. The lowest BCUT2D eigenvalue weighted by Crippen LogP contribution is -2.65. The molecule has 2 aromatic carbocycles. The van der Waals surface area contributed by atoms with Crippen LogP contribution in [0.4, 0.5) is 23.7 Å². The van der Waals surface area contributed by atoms with Gasteiger partial charge in [0.1, 0.15) is 0 Å². The highest BCUT2D eigenvalue weighted by Crippen LogP contribution is 2.51. The van der Waals surface area contributed by atoms with Gasteiger partial charge in [0.25, 0.3) is 0 Å². The van der Waals surface area contributed by atoms with E-state index in [9.17, 15) is 18.0 Å². The Balaban J connectivity index is 1.98. The van der Waals surface area contributed by atoms with Crippen LogP contribution >= 0.6 is 15.9 Å². The number of amides is 2. The van der Waals surface area contributed by atoms with Crippen molar-refractivity contribution in [2.75, 3.05) is 4.90 Å². The zero-order chi connectivity index (χ0) is 22.9. The van der Waals surface area contributed by atoms with Crippen molar-refractivity contribution < 1.29 is 18.0 Å². The lowest BCUT2D eigenvalue weighted by Gasteiger charge is -2.46. The first-order valence-electron chi connectivity index (χ1n) is 9.36. The van der Waals surface area contributed by atoms with Crippen LogP contribution in [-0.4, -0.2) is 38.4 Å². The molecule has 164 valence electrons. The highest BCUT2D eigenvalue weighted by Gasteiger charge is 2.64. The van der Waals surface area contributed by atoms with E-state index < -0.39 is 23.7 Å². The Morgan fingerprint density at radius 1 is 1.16 bits per heavy atom. The summed E-state index contributed by atoms with van der Waals surface area (Å²) in [6.45, 7) is 0. The first kappa shape index (κ1) is 21.8. The lowest BCUT2D eigenvalue weighted by molar-refractivity contribution is -0.174. The summed E-state index contributed by atoms with van der Waals surface area (Å²) in [7, 11) is 0. The maximum atomic E-state index is 14.9. The van der Waals surface area contributed by atoms with Crippen molar-refractivity contribution in [3.8, 4) is 0 Å². The van der Waals surface area contributed by atoms with Crippen LogP contribution in [0.5, 0.6) is 0 Å². The predicted octanol–water partition coefficient (Wildman–Crippen LogP) is 4.59. The highest BCUT2D eigenvalue weighted by atomic mass is 79.9. The Labute approximate surface area is 188 Å². The molecule has 1 aliphatic rings. The molecule has 0 saturated heterocycles. The third-order valence-electron chi connectivity index (χ3n) is 5.20. The first-order valence-corrected chi connectivity index (χ1v) is 10.1. The molecule has 1 aliphatic carbocycles. The fourth-order valence-corrected chi connectivity index (χ4v) is 4.22. The second-order valence-corrected chi connectivity index (χ2v) is 7.96. The monoisotopic (exact) mass is 504 g/mol. The minimum atomic E-state index is -4.95. The number of nitrogens with one attached hydrogen (secondary N) is 1. The maximum absolute atomic E-state index is 14.9. The number of carbonyl (C=O) groups excluding carboxylic acids is 1. The van der Waals surface area contributed by atoms with Gasteiger partial charge < -0.3 is 5.73 Å². The number of H-pyrrole nitrogens is 1. The van der Waals surface area contributed by atoms with Crippen LogP contribution in [0, 0.1) is 0 Å². The van der Waals surface area contributed by atoms with Gasteiger partial charge in [-0.2, -0.15) is 18.4 Å². The molecule has 0 radical (unpaired) electrons. The summed E-state index contributed by atoms with van der Waals surface area (Å²) < 4.78 is 45.3. The lowest BCUT2D eigenvalue weighted by atomic mass is 9.74. The van der Waals surface area contributed by atoms with Gasteiger partial charge in [-0.1, -0.05) is 69.7 Å². The molecule has 11 heteroatoms. The molecule has 0 spiro atoms. The number of aromatic amines is 1. The number of anilines is 1. The number of hydrogen-bond donors (Lipinski definition) is 2. The minimum absolute atomic E-state index is 0.0427. The Morgan fingerprint density at radius 3 is 2.50 bits per heavy atom. The zero-order valence-electron chi connectivity index (χ0n) is 16.3. The van der Waals surface area contributed by atoms with E-state index in [1.54, 1.807) is 36.4 Å². The second-order valence-electron chi connectivity index (χ2n) is 7.05. The van der Waals surface area contributed by atoms with E-state index in [2.05, 4.69) is 36.6 Å². The summed E-state index contributed by atoms with van der Waals surface area (Å²) in [6, 6.07) is 13.5. The average molecular weight is 505 g/mol. The molecule has 2 unspecified atom stereocenters. The highest BCUT2D eigenvalue weighted by molar-refractivity contribution is 9.10. The molecular formula is C21H16BrF3N6O. The number of urea groups is 1. The molecule has 7 nitrogen and oxygen atoms in total. The van der Waals surface area contributed by atoms with Gasteiger partial charge in [0, 0.05) is 10.2 Å². The van der Waals surface area contributed by atoms with Crippen LogP contribution in [0.2, 0.25) is 0 Å².